The van der Waals surface area contributed by atoms with E-state index in [2.05, 4.69) is 5.32 Å². The molecule has 2 nitrogen and oxygen atoms in total. The molecular formula is C14H14Cl2FNO. The van der Waals surface area contributed by atoms with Gasteiger partial charge in [-0.1, -0.05) is 23.2 Å². The molecule has 0 radical (unpaired) electrons. The Kier molecular flexibility index (Phi) is 4.50. The molecule has 1 unspecified atom stereocenters. The molecule has 1 aromatic carbocycles. The summed E-state index contributed by atoms with van der Waals surface area (Å²) in [5, 5.41) is 3.77. The SMILES string of the molecule is CC(N[C@@H](C)c1ccco1)c1cc(F)c(Cl)cc1Cl. The van der Waals surface area contributed by atoms with Crippen LogP contribution in [-0.2, 0) is 0 Å². The minimum atomic E-state index is -0.472. The van der Waals surface area contributed by atoms with Crippen LogP contribution in [0.4, 0.5) is 4.39 Å². The number of benzene rings is 1. The van der Waals surface area contributed by atoms with Crippen molar-refractivity contribution in [3.8, 4) is 0 Å². The van der Waals surface area contributed by atoms with Gasteiger partial charge in [-0.2, -0.15) is 0 Å². The van der Waals surface area contributed by atoms with Crippen molar-refractivity contribution in [2.24, 2.45) is 0 Å². The van der Waals surface area contributed by atoms with E-state index in [1.807, 2.05) is 26.0 Å². The van der Waals surface area contributed by atoms with E-state index in [-0.39, 0.29) is 17.1 Å². The summed E-state index contributed by atoms with van der Waals surface area (Å²) in [6.45, 7) is 3.88. The molecule has 5 heteroatoms. The van der Waals surface area contributed by atoms with Gasteiger partial charge in [0, 0.05) is 11.1 Å². The largest absolute Gasteiger partial charge is 0.468 e. The van der Waals surface area contributed by atoms with Crippen molar-refractivity contribution in [1.82, 2.24) is 5.32 Å². The molecule has 2 rings (SSSR count). The third-order valence-corrected chi connectivity index (χ3v) is 3.59. The minimum Gasteiger partial charge on any atom is -0.468 e. The van der Waals surface area contributed by atoms with E-state index < -0.39 is 5.82 Å². The first kappa shape index (κ1) is 14.4. The lowest BCUT2D eigenvalue weighted by Gasteiger charge is -2.20. The normalized spacial score (nSPS) is 14.4. The number of hydrogen-bond donors (Lipinski definition) is 1. The highest BCUT2D eigenvalue weighted by molar-refractivity contribution is 6.35. The fourth-order valence-electron chi connectivity index (χ4n) is 1.95. The van der Waals surface area contributed by atoms with E-state index in [1.165, 1.54) is 12.1 Å². The van der Waals surface area contributed by atoms with Crippen LogP contribution in [0, 0.1) is 5.82 Å². The molecule has 0 aliphatic carbocycles. The van der Waals surface area contributed by atoms with E-state index in [4.69, 9.17) is 27.6 Å². The van der Waals surface area contributed by atoms with Crippen LogP contribution in [0.25, 0.3) is 0 Å². The first-order valence-corrected chi connectivity index (χ1v) is 6.68. The molecule has 0 amide bonds. The van der Waals surface area contributed by atoms with Gasteiger partial charge in [-0.3, -0.25) is 0 Å². The van der Waals surface area contributed by atoms with Crippen LogP contribution >= 0.6 is 23.2 Å². The van der Waals surface area contributed by atoms with E-state index in [1.54, 1.807) is 6.26 Å². The van der Waals surface area contributed by atoms with Gasteiger partial charge in [0.25, 0.3) is 0 Å². The first-order valence-electron chi connectivity index (χ1n) is 5.93. The van der Waals surface area contributed by atoms with Crippen molar-refractivity contribution in [3.05, 3.63) is 57.7 Å². The third-order valence-electron chi connectivity index (χ3n) is 2.98. The maximum absolute atomic E-state index is 13.5. The predicted octanol–water partition coefficient (Wildman–Crippen LogP) is 5.14. The summed E-state index contributed by atoms with van der Waals surface area (Å²) in [4.78, 5) is 0. The molecular weight excluding hydrogens is 288 g/mol. The zero-order valence-corrected chi connectivity index (χ0v) is 12.1. The lowest BCUT2D eigenvalue weighted by molar-refractivity contribution is 0.402. The Bertz CT molecular complexity index is 557. The van der Waals surface area contributed by atoms with Crippen molar-refractivity contribution in [2.75, 3.05) is 0 Å². The van der Waals surface area contributed by atoms with Crippen LogP contribution in [0.15, 0.2) is 34.9 Å². The molecule has 102 valence electrons. The smallest absolute Gasteiger partial charge is 0.142 e. The van der Waals surface area contributed by atoms with Gasteiger partial charge in [-0.15, -0.1) is 0 Å². The monoisotopic (exact) mass is 301 g/mol. The van der Waals surface area contributed by atoms with E-state index in [0.29, 0.717) is 10.6 Å². The quantitative estimate of drug-likeness (QED) is 0.791. The highest BCUT2D eigenvalue weighted by Crippen LogP contribution is 2.30. The second-order valence-electron chi connectivity index (χ2n) is 4.41. The molecule has 0 aliphatic rings. The number of furan rings is 1. The Morgan fingerprint density at radius 3 is 2.53 bits per heavy atom. The molecule has 0 bridgehead atoms. The second-order valence-corrected chi connectivity index (χ2v) is 5.23. The van der Waals surface area contributed by atoms with Gasteiger partial charge in [0.1, 0.15) is 11.6 Å². The minimum absolute atomic E-state index is 0.000180. The standard InChI is InChI=1S/C14H14Cl2FNO/c1-8(18-9(2)14-4-3-5-19-14)10-6-13(17)12(16)7-11(10)15/h3-9,18H,1-2H3/t8?,9-/m0/s1. The summed E-state index contributed by atoms with van der Waals surface area (Å²) in [7, 11) is 0. The fraction of sp³-hybridized carbons (Fsp3) is 0.286. The lowest BCUT2D eigenvalue weighted by atomic mass is 10.1. The van der Waals surface area contributed by atoms with Crippen molar-refractivity contribution < 1.29 is 8.81 Å². The summed E-state index contributed by atoms with van der Waals surface area (Å²) in [6.07, 6.45) is 1.62. The van der Waals surface area contributed by atoms with Crippen LogP contribution in [-0.4, -0.2) is 0 Å². The Morgan fingerprint density at radius 2 is 1.89 bits per heavy atom. The van der Waals surface area contributed by atoms with E-state index >= 15 is 0 Å². The maximum atomic E-state index is 13.5. The van der Waals surface area contributed by atoms with Crippen LogP contribution in [0.3, 0.4) is 0 Å². The molecule has 2 aromatic rings. The van der Waals surface area contributed by atoms with Gasteiger partial charge >= 0.3 is 0 Å². The average Bonchev–Trinajstić information content (AvgIpc) is 2.87. The topological polar surface area (TPSA) is 25.2 Å². The number of rotatable bonds is 4. The van der Waals surface area contributed by atoms with Crippen LogP contribution in [0.2, 0.25) is 10.0 Å². The molecule has 1 aromatic heterocycles. The average molecular weight is 302 g/mol. The Hall–Kier alpha value is -1.03. The summed E-state index contributed by atoms with van der Waals surface area (Å²) >= 11 is 11.8. The molecule has 1 N–H and O–H groups in total. The van der Waals surface area contributed by atoms with Crippen molar-refractivity contribution >= 4 is 23.2 Å². The Balaban J connectivity index is 2.16. The summed E-state index contributed by atoms with van der Waals surface area (Å²) in [5.74, 6) is 0.345. The van der Waals surface area contributed by atoms with Crippen LogP contribution in [0.5, 0.6) is 0 Å². The predicted molar refractivity (Wildman–Crippen MR) is 75.1 cm³/mol. The fourth-order valence-corrected chi connectivity index (χ4v) is 2.50. The van der Waals surface area contributed by atoms with Gasteiger partial charge in [0.2, 0.25) is 0 Å². The molecule has 1 heterocycles. The summed E-state index contributed by atoms with van der Waals surface area (Å²) in [5.41, 5.74) is 0.668. The van der Waals surface area contributed by atoms with Crippen molar-refractivity contribution in [2.45, 2.75) is 25.9 Å². The molecule has 2 atom stereocenters. The van der Waals surface area contributed by atoms with Crippen molar-refractivity contribution in [3.63, 3.8) is 0 Å². The molecule has 0 saturated carbocycles. The lowest BCUT2D eigenvalue weighted by Crippen LogP contribution is -2.22. The van der Waals surface area contributed by atoms with Gasteiger partial charge in [-0.05, 0) is 43.7 Å². The molecule has 0 spiro atoms. The number of hydrogen-bond acceptors (Lipinski definition) is 2. The molecule has 0 aliphatic heterocycles. The molecule has 0 saturated heterocycles. The molecule has 0 fully saturated rings. The van der Waals surface area contributed by atoms with E-state index in [0.717, 1.165) is 5.76 Å². The van der Waals surface area contributed by atoms with Gasteiger partial charge < -0.3 is 9.73 Å². The van der Waals surface area contributed by atoms with E-state index in [9.17, 15) is 4.39 Å². The highest BCUT2D eigenvalue weighted by Gasteiger charge is 2.17. The molecule has 19 heavy (non-hydrogen) atoms. The van der Waals surface area contributed by atoms with Gasteiger partial charge in [0.15, 0.2) is 0 Å². The van der Waals surface area contributed by atoms with Crippen molar-refractivity contribution in [1.29, 1.82) is 0 Å². The van der Waals surface area contributed by atoms with Crippen LogP contribution < -0.4 is 5.32 Å². The zero-order chi connectivity index (χ0) is 14.0. The van der Waals surface area contributed by atoms with Gasteiger partial charge in [-0.25, -0.2) is 4.39 Å². The Morgan fingerprint density at radius 1 is 1.16 bits per heavy atom. The maximum Gasteiger partial charge on any atom is 0.142 e. The zero-order valence-electron chi connectivity index (χ0n) is 10.6. The summed E-state index contributed by atoms with van der Waals surface area (Å²) in [6, 6.07) is 6.36. The second kappa shape index (κ2) is 5.95. The third kappa shape index (κ3) is 3.30. The number of nitrogens with one attached hydrogen (secondary N) is 1. The summed E-state index contributed by atoms with van der Waals surface area (Å²) < 4.78 is 18.8. The highest BCUT2D eigenvalue weighted by atomic mass is 35.5. The Labute approximate surface area is 121 Å². The number of halogens is 3. The van der Waals surface area contributed by atoms with Crippen LogP contribution in [0.1, 0.15) is 37.3 Å². The van der Waals surface area contributed by atoms with Gasteiger partial charge in [0.05, 0.1) is 17.3 Å². The first-order chi connectivity index (χ1) is 8.99.